The Morgan fingerprint density at radius 1 is 1.67 bits per heavy atom. The summed E-state index contributed by atoms with van der Waals surface area (Å²) in [5.74, 6) is 0.969. The predicted octanol–water partition coefficient (Wildman–Crippen LogP) is 1.06. The fraction of sp³-hybridized carbons (Fsp3) is 0.667. The van der Waals surface area contributed by atoms with E-state index in [1.807, 2.05) is 7.05 Å². The van der Waals surface area contributed by atoms with E-state index in [4.69, 9.17) is 4.74 Å². The van der Waals surface area contributed by atoms with Crippen molar-refractivity contribution >= 4 is 5.78 Å². The van der Waals surface area contributed by atoms with Gasteiger partial charge in [-0.1, -0.05) is 0 Å². The lowest BCUT2D eigenvalue weighted by atomic mass is 10.0. The molecule has 1 aliphatic rings. The van der Waals surface area contributed by atoms with Gasteiger partial charge in [0.05, 0.1) is 13.7 Å². The Kier molecular flexibility index (Phi) is 2.87. The van der Waals surface area contributed by atoms with E-state index in [1.54, 1.807) is 14.0 Å². The standard InChI is InChI=1S/C9H15NO2.H2/c1-7(11)8-4-5-10(2)6-9(8)12-3;/h4-6H2,1-3H3;1H. The van der Waals surface area contributed by atoms with E-state index in [9.17, 15) is 4.79 Å². The van der Waals surface area contributed by atoms with Crippen molar-refractivity contribution in [3.63, 3.8) is 0 Å². The van der Waals surface area contributed by atoms with Crippen molar-refractivity contribution in [2.24, 2.45) is 0 Å². The Bertz CT molecular complexity index is 226. The number of hydrogen-bond donors (Lipinski definition) is 0. The number of hydrogen-bond acceptors (Lipinski definition) is 3. The number of likely N-dealkylation sites (N-methyl/N-ethyl adjacent to an activating group) is 1. The molecule has 0 bridgehead atoms. The number of rotatable bonds is 2. The topological polar surface area (TPSA) is 29.5 Å². The summed E-state index contributed by atoms with van der Waals surface area (Å²) in [4.78, 5) is 13.3. The maximum absolute atomic E-state index is 11.1. The molecular formula is C9H17NO2. The quantitative estimate of drug-likeness (QED) is 0.622. The van der Waals surface area contributed by atoms with E-state index >= 15 is 0 Å². The normalized spacial score (nSPS) is 19.6. The molecule has 0 fully saturated rings. The maximum atomic E-state index is 11.1. The Balaban J connectivity index is 0.00000144. The first kappa shape index (κ1) is 9.26. The van der Waals surface area contributed by atoms with Crippen LogP contribution in [0.4, 0.5) is 0 Å². The fourth-order valence-electron chi connectivity index (χ4n) is 1.42. The number of carbonyl (C=O) groups is 1. The molecule has 0 aromatic rings. The molecule has 0 saturated heterocycles. The SMILES string of the molecule is COC1=C(C(C)=O)CCN(C)C1.[HH]. The number of carbonyl (C=O) groups excluding carboxylic acids is 1. The van der Waals surface area contributed by atoms with E-state index in [1.165, 1.54) is 0 Å². The van der Waals surface area contributed by atoms with Crippen molar-refractivity contribution in [3.8, 4) is 0 Å². The van der Waals surface area contributed by atoms with Gasteiger partial charge in [0, 0.05) is 13.5 Å². The van der Waals surface area contributed by atoms with E-state index < -0.39 is 0 Å². The van der Waals surface area contributed by atoms with Gasteiger partial charge in [-0.3, -0.25) is 9.69 Å². The second-order valence-electron chi connectivity index (χ2n) is 3.15. The highest BCUT2D eigenvalue weighted by atomic mass is 16.5. The lowest BCUT2D eigenvalue weighted by molar-refractivity contribution is -0.114. The monoisotopic (exact) mass is 171 g/mol. The molecule has 1 aliphatic heterocycles. The highest BCUT2D eigenvalue weighted by Crippen LogP contribution is 2.17. The van der Waals surface area contributed by atoms with Crippen molar-refractivity contribution in [1.82, 2.24) is 4.90 Å². The highest BCUT2D eigenvalue weighted by molar-refractivity contribution is 5.93. The average Bonchev–Trinajstić information content (AvgIpc) is 2.03. The Morgan fingerprint density at radius 2 is 2.33 bits per heavy atom. The van der Waals surface area contributed by atoms with Crippen LogP contribution in [0.15, 0.2) is 11.3 Å². The summed E-state index contributed by atoms with van der Waals surface area (Å²) < 4.78 is 5.15. The molecule has 0 saturated carbocycles. The third kappa shape index (κ3) is 1.85. The van der Waals surface area contributed by atoms with E-state index in [2.05, 4.69) is 4.90 Å². The summed E-state index contributed by atoms with van der Waals surface area (Å²) in [7, 11) is 3.65. The second kappa shape index (κ2) is 3.72. The van der Waals surface area contributed by atoms with Crippen molar-refractivity contribution in [3.05, 3.63) is 11.3 Å². The number of nitrogens with zero attached hydrogens (tertiary/aromatic N) is 1. The lowest BCUT2D eigenvalue weighted by Crippen LogP contribution is -2.30. The number of methoxy groups -OCH3 is 1. The summed E-state index contributed by atoms with van der Waals surface area (Å²) in [5.41, 5.74) is 0.857. The summed E-state index contributed by atoms with van der Waals surface area (Å²) >= 11 is 0. The molecule has 12 heavy (non-hydrogen) atoms. The lowest BCUT2D eigenvalue weighted by Gasteiger charge is -2.25. The molecule has 0 aromatic heterocycles. The molecule has 0 N–H and O–H groups in total. The molecule has 0 radical (unpaired) electrons. The van der Waals surface area contributed by atoms with Crippen LogP contribution < -0.4 is 0 Å². The number of Topliss-reactive ketones (excluding diaryl/α,β-unsaturated/α-hetero) is 1. The summed E-state index contributed by atoms with van der Waals surface area (Å²) in [6, 6.07) is 0. The van der Waals surface area contributed by atoms with Crippen molar-refractivity contribution in [2.45, 2.75) is 13.3 Å². The fourth-order valence-corrected chi connectivity index (χ4v) is 1.42. The van der Waals surface area contributed by atoms with Crippen LogP contribution in [0.25, 0.3) is 0 Å². The van der Waals surface area contributed by atoms with Crippen LogP contribution in [-0.4, -0.2) is 37.9 Å². The van der Waals surface area contributed by atoms with E-state index in [-0.39, 0.29) is 7.21 Å². The van der Waals surface area contributed by atoms with Gasteiger partial charge in [0.1, 0.15) is 5.76 Å². The first-order chi connectivity index (χ1) is 5.65. The van der Waals surface area contributed by atoms with Crippen LogP contribution in [-0.2, 0) is 9.53 Å². The van der Waals surface area contributed by atoms with E-state index in [0.717, 1.165) is 30.8 Å². The van der Waals surface area contributed by atoms with Crippen LogP contribution >= 0.6 is 0 Å². The van der Waals surface area contributed by atoms with Crippen LogP contribution in [0, 0.1) is 0 Å². The van der Waals surface area contributed by atoms with Gasteiger partial charge in [0.15, 0.2) is 5.78 Å². The second-order valence-corrected chi connectivity index (χ2v) is 3.15. The zero-order valence-electron chi connectivity index (χ0n) is 7.89. The van der Waals surface area contributed by atoms with Crippen LogP contribution in [0.3, 0.4) is 0 Å². The largest absolute Gasteiger partial charge is 0.499 e. The maximum Gasteiger partial charge on any atom is 0.159 e. The zero-order valence-corrected chi connectivity index (χ0v) is 7.89. The van der Waals surface area contributed by atoms with Gasteiger partial charge in [-0.25, -0.2) is 0 Å². The number of ketones is 1. The molecule has 3 nitrogen and oxygen atoms in total. The molecule has 3 heteroatoms. The average molecular weight is 171 g/mol. The minimum atomic E-state index is 0. The van der Waals surface area contributed by atoms with Crippen molar-refractivity contribution in [2.75, 3.05) is 27.2 Å². The van der Waals surface area contributed by atoms with Gasteiger partial charge in [0.25, 0.3) is 0 Å². The molecule has 0 aromatic carbocycles. The summed E-state index contributed by atoms with van der Waals surface area (Å²) in [6.45, 7) is 3.30. The molecule has 1 rings (SSSR count). The van der Waals surface area contributed by atoms with Gasteiger partial charge in [0.2, 0.25) is 0 Å². The predicted molar refractivity (Wildman–Crippen MR) is 48.9 cm³/mol. The molecule has 0 unspecified atom stereocenters. The Morgan fingerprint density at radius 3 is 2.83 bits per heavy atom. The van der Waals surface area contributed by atoms with Gasteiger partial charge in [-0.05, 0) is 20.4 Å². The summed E-state index contributed by atoms with van der Waals surface area (Å²) in [5, 5.41) is 0. The van der Waals surface area contributed by atoms with Gasteiger partial charge in [-0.15, -0.1) is 0 Å². The molecule has 0 atom stereocenters. The molecule has 1 heterocycles. The highest BCUT2D eigenvalue weighted by Gasteiger charge is 2.19. The first-order valence-corrected chi connectivity index (χ1v) is 4.10. The first-order valence-electron chi connectivity index (χ1n) is 4.10. The third-order valence-electron chi connectivity index (χ3n) is 2.17. The van der Waals surface area contributed by atoms with Crippen molar-refractivity contribution < 1.29 is 11.0 Å². The minimum Gasteiger partial charge on any atom is -0.499 e. The van der Waals surface area contributed by atoms with Crippen LogP contribution in [0.5, 0.6) is 0 Å². The van der Waals surface area contributed by atoms with Gasteiger partial charge in [-0.2, -0.15) is 0 Å². The van der Waals surface area contributed by atoms with Crippen LogP contribution in [0.1, 0.15) is 14.8 Å². The Labute approximate surface area is 74.5 Å². The molecule has 0 amide bonds. The third-order valence-corrected chi connectivity index (χ3v) is 2.17. The molecule has 0 aliphatic carbocycles. The molecular weight excluding hydrogens is 154 g/mol. The van der Waals surface area contributed by atoms with Gasteiger partial charge < -0.3 is 4.74 Å². The van der Waals surface area contributed by atoms with Gasteiger partial charge >= 0.3 is 0 Å². The van der Waals surface area contributed by atoms with Crippen LogP contribution in [0.2, 0.25) is 0 Å². The smallest absolute Gasteiger partial charge is 0.159 e. The van der Waals surface area contributed by atoms with Crippen molar-refractivity contribution in [1.29, 1.82) is 0 Å². The summed E-state index contributed by atoms with van der Waals surface area (Å²) in [6.07, 6.45) is 0.814. The minimum absolute atomic E-state index is 0. The number of ether oxygens (including phenoxy) is 1. The van der Waals surface area contributed by atoms with E-state index in [0.29, 0.717) is 0 Å². The molecule has 0 spiro atoms. The zero-order chi connectivity index (χ0) is 9.14. The Hall–Kier alpha value is -0.830. The molecule has 70 valence electrons.